The summed E-state index contributed by atoms with van der Waals surface area (Å²) in [7, 11) is -2.77. The van der Waals surface area contributed by atoms with Gasteiger partial charge in [0.05, 0.1) is 23.4 Å². The number of anilines is 2. The number of ether oxygens (including phenoxy) is 1. The molecule has 3 rings (SSSR count). The van der Waals surface area contributed by atoms with Gasteiger partial charge in [0.1, 0.15) is 16.4 Å². The third-order valence-electron chi connectivity index (χ3n) is 4.50. The van der Waals surface area contributed by atoms with Crippen molar-refractivity contribution in [1.82, 2.24) is 0 Å². The zero-order valence-corrected chi connectivity index (χ0v) is 19.0. The van der Waals surface area contributed by atoms with Crippen LogP contribution in [-0.4, -0.2) is 31.3 Å². The van der Waals surface area contributed by atoms with Crippen molar-refractivity contribution in [2.45, 2.75) is 11.8 Å². The molecular formula is C21H19ClN4O6S. The lowest BCUT2D eigenvalue weighted by atomic mass is 10.1. The Kier molecular flexibility index (Phi) is 7.04. The Morgan fingerprint density at radius 1 is 1.12 bits per heavy atom. The maximum absolute atomic E-state index is 13.0. The molecule has 0 unspecified atom stereocenters. The first-order valence-electron chi connectivity index (χ1n) is 9.35. The molecule has 0 aliphatic rings. The maximum atomic E-state index is 13.0. The fourth-order valence-corrected chi connectivity index (χ4v) is 4.18. The maximum Gasteiger partial charge on any atom is 0.270 e. The number of halogens is 1. The second-order valence-electron chi connectivity index (χ2n) is 6.74. The number of nitrogens with one attached hydrogen (secondary N) is 2. The van der Waals surface area contributed by atoms with Gasteiger partial charge in [0.25, 0.3) is 15.7 Å². The zero-order chi connectivity index (χ0) is 24.2. The molecule has 0 aromatic heterocycles. The highest BCUT2D eigenvalue weighted by Gasteiger charge is 2.23. The summed E-state index contributed by atoms with van der Waals surface area (Å²) in [6.45, 7) is 1.60. The van der Waals surface area contributed by atoms with Crippen LogP contribution in [0.25, 0.3) is 0 Å². The number of hydrazone groups is 1. The molecule has 12 heteroatoms. The molecule has 0 aliphatic carbocycles. The van der Waals surface area contributed by atoms with Crippen LogP contribution < -0.4 is 14.9 Å². The Labute approximate surface area is 194 Å². The highest BCUT2D eigenvalue weighted by Crippen LogP contribution is 2.29. The molecule has 0 fully saturated rings. The average Bonchev–Trinajstić information content (AvgIpc) is 2.78. The van der Waals surface area contributed by atoms with E-state index in [2.05, 4.69) is 15.2 Å². The van der Waals surface area contributed by atoms with Crippen molar-refractivity contribution in [2.75, 3.05) is 17.3 Å². The largest absolute Gasteiger partial charge is 0.507 e. The van der Waals surface area contributed by atoms with Gasteiger partial charge in [-0.1, -0.05) is 11.6 Å². The Bertz CT molecular complexity index is 1330. The van der Waals surface area contributed by atoms with Crippen molar-refractivity contribution in [3.05, 3.63) is 81.4 Å². The first-order valence-corrected chi connectivity index (χ1v) is 11.2. The molecule has 33 heavy (non-hydrogen) atoms. The zero-order valence-electron chi connectivity index (χ0n) is 17.4. The third kappa shape index (κ3) is 5.70. The Morgan fingerprint density at radius 2 is 1.82 bits per heavy atom. The summed E-state index contributed by atoms with van der Waals surface area (Å²) in [4.78, 5) is 10.1. The van der Waals surface area contributed by atoms with Crippen molar-refractivity contribution >= 4 is 44.4 Å². The van der Waals surface area contributed by atoms with Gasteiger partial charge in [0, 0.05) is 34.5 Å². The van der Waals surface area contributed by atoms with E-state index in [1.165, 1.54) is 43.5 Å². The monoisotopic (exact) mass is 490 g/mol. The predicted octanol–water partition coefficient (Wildman–Crippen LogP) is 4.60. The van der Waals surface area contributed by atoms with Crippen LogP contribution in [-0.2, 0) is 10.0 Å². The average molecular weight is 491 g/mol. The first kappa shape index (κ1) is 23.8. The van der Waals surface area contributed by atoms with Gasteiger partial charge >= 0.3 is 0 Å². The molecule has 0 saturated carbocycles. The van der Waals surface area contributed by atoms with Gasteiger partial charge in [-0.3, -0.25) is 20.3 Å². The minimum absolute atomic E-state index is 0.00517. The minimum atomic E-state index is -4.24. The van der Waals surface area contributed by atoms with Gasteiger partial charge in [0.15, 0.2) is 0 Å². The van der Waals surface area contributed by atoms with Crippen LogP contribution >= 0.6 is 11.6 Å². The molecule has 172 valence electrons. The molecule has 3 aromatic rings. The van der Waals surface area contributed by atoms with E-state index in [0.717, 1.165) is 12.1 Å². The van der Waals surface area contributed by atoms with Crippen LogP contribution in [0.15, 0.2) is 70.7 Å². The number of methoxy groups -OCH3 is 1. The van der Waals surface area contributed by atoms with E-state index < -0.39 is 20.6 Å². The van der Waals surface area contributed by atoms with Gasteiger partial charge in [-0.2, -0.15) is 5.10 Å². The van der Waals surface area contributed by atoms with Crippen LogP contribution in [0, 0.1) is 10.1 Å². The van der Waals surface area contributed by atoms with Crippen LogP contribution in [0.4, 0.5) is 17.1 Å². The lowest BCUT2D eigenvalue weighted by Crippen LogP contribution is -2.15. The van der Waals surface area contributed by atoms with E-state index in [1.54, 1.807) is 19.1 Å². The minimum Gasteiger partial charge on any atom is -0.507 e. The van der Waals surface area contributed by atoms with Crippen LogP contribution in [0.5, 0.6) is 11.5 Å². The van der Waals surface area contributed by atoms with Crippen molar-refractivity contribution in [2.24, 2.45) is 5.10 Å². The number of nitrogens with zero attached hydrogens (tertiary/aromatic N) is 2. The fourth-order valence-electron chi connectivity index (χ4n) is 2.82. The van der Waals surface area contributed by atoms with E-state index in [4.69, 9.17) is 16.3 Å². The van der Waals surface area contributed by atoms with Gasteiger partial charge in [-0.05, 0) is 49.4 Å². The molecule has 0 atom stereocenters. The van der Waals surface area contributed by atoms with Crippen LogP contribution in [0.3, 0.4) is 0 Å². The van der Waals surface area contributed by atoms with Gasteiger partial charge in [0.2, 0.25) is 0 Å². The number of phenols is 1. The van der Waals surface area contributed by atoms with Crippen LogP contribution in [0.1, 0.15) is 12.5 Å². The van der Waals surface area contributed by atoms with E-state index >= 15 is 0 Å². The number of nitro groups is 1. The number of hydrogen-bond donors (Lipinski definition) is 3. The number of nitro benzene ring substituents is 1. The fraction of sp³-hybridized carbons (Fsp3) is 0.0952. The highest BCUT2D eigenvalue weighted by atomic mass is 35.5. The molecule has 3 N–H and O–H groups in total. The highest BCUT2D eigenvalue weighted by molar-refractivity contribution is 7.92. The van der Waals surface area contributed by atoms with E-state index in [-0.39, 0.29) is 22.0 Å². The molecule has 10 nitrogen and oxygen atoms in total. The molecule has 0 bridgehead atoms. The summed E-state index contributed by atoms with van der Waals surface area (Å²) < 4.78 is 33.4. The number of non-ortho nitro benzene ring substituents is 1. The Balaban J connectivity index is 1.97. The Morgan fingerprint density at radius 3 is 2.42 bits per heavy atom. The van der Waals surface area contributed by atoms with Crippen molar-refractivity contribution in [1.29, 1.82) is 0 Å². The summed E-state index contributed by atoms with van der Waals surface area (Å²) in [5.74, 6) is 0.368. The van der Waals surface area contributed by atoms with Gasteiger partial charge in [-0.15, -0.1) is 0 Å². The molecule has 0 saturated heterocycles. The number of phenolic OH excluding ortho intramolecular Hbond substituents is 1. The Hall–Kier alpha value is -3.83. The van der Waals surface area contributed by atoms with Crippen molar-refractivity contribution in [3.63, 3.8) is 0 Å². The van der Waals surface area contributed by atoms with E-state index in [0.29, 0.717) is 22.0 Å². The number of benzene rings is 3. The number of rotatable bonds is 8. The lowest BCUT2D eigenvalue weighted by Gasteiger charge is -2.13. The predicted molar refractivity (Wildman–Crippen MR) is 126 cm³/mol. The molecule has 3 aromatic carbocycles. The van der Waals surface area contributed by atoms with E-state index in [9.17, 15) is 23.6 Å². The molecule has 0 amide bonds. The third-order valence-corrected chi connectivity index (χ3v) is 6.17. The summed E-state index contributed by atoms with van der Waals surface area (Å²) in [5, 5.41) is 25.9. The topological polar surface area (TPSA) is 143 Å². The molecule has 0 heterocycles. The number of hydrogen-bond acceptors (Lipinski definition) is 8. The number of sulfonamides is 1. The first-order chi connectivity index (χ1) is 15.6. The van der Waals surface area contributed by atoms with Crippen LogP contribution in [0.2, 0.25) is 5.02 Å². The smallest absolute Gasteiger partial charge is 0.270 e. The molecule has 0 radical (unpaired) electrons. The van der Waals surface area contributed by atoms with E-state index in [1.807, 2.05) is 0 Å². The SMILES string of the molecule is COc1ccc(/C(C)=N\Nc2ccc([N+](=O)[O-])cc2S(=O)(=O)Nc2ccc(Cl)cc2)c(O)c1. The summed E-state index contributed by atoms with van der Waals surface area (Å²) in [6, 6.07) is 13.9. The second-order valence-corrected chi connectivity index (χ2v) is 8.83. The van der Waals surface area contributed by atoms with Crippen molar-refractivity contribution in [3.8, 4) is 11.5 Å². The molecule has 0 aliphatic heterocycles. The summed E-state index contributed by atoms with van der Waals surface area (Å²) >= 11 is 5.83. The molecule has 0 spiro atoms. The number of aromatic hydroxyl groups is 1. The normalized spacial score (nSPS) is 11.7. The van der Waals surface area contributed by atoms with Gasteiger partial charge < -0.3 is 9.84 Å². The lowest BCUT2D eigenvalue weighted by molar-refractivity contribution is -0.385. The van der Waals surface area contributed by atoms with Crippen molar-refractivity contribution < 1.29 is 23.2 Å². The second kappa shape index (κ2) is 9.76. The van der Waals surface area contributed by atoms with Gasteiger partial charge in [-0.25, -0.2) is 8.42 Å². The summed E-state index contributed by atoms with van der Waals surface area (Å²) in [5.41, 5.74) is 3.14. The standard InChI is InChI=1S/C21H19ClN4O6S/c1-13(18-9-8-17(32-2)12-20(18)27)23-24-19-10-7-16(26(28)29)11-21(19)33(30,31)25-15-5-3-14(22)4-6-15/h3-12,24-25,27H,1-2H3/b23-13-. The molecular weight excluding hydrogens is 472 g/mol. The summed E-state index contributed by atoms with van der Waals surface area (Å²) in [6.07, 6.45) is 0. The quantitative estimate of drug-likeness (QED) is 0.238.